The number of nitrogens with two attached hydrogens (primary N) is 1. The number of benzene rings is 3. The summed E-state index contributed by atoms with van der Waals surface area (Å²) in [6.07, 6.45) is 0.363. The molecular weight excluding hydrogens is 344 g/mol. The number of nitrogens with zero attached hydrogens (tertiary/aromatic N) is 1. The second-order valence-electron chi connectivity index (χ2n) is 5.84. The average Bonchev–Trinajstić information content (AvgIpc) is 2.71. The van der Waals surface area contributed by atoms with Gasteiger partial charge in [0.2, 0.25) is 0 Å². The number of oxime groups is 1. The molecule has 3 aromatic rings. The summed E-state index contributed by atoms with van der Waals surface area (Å²) < 4.78 is 10.7. The van der Waals surface area contributed by atoms with E-state index in [-0.39, 0.29) is 12.4 Å². The predicted molar refractivity (Wildman–Crippen MR) is 104 cm³/mol. The van der Waals surface area contributed by atoms with Crippen molar-refractivity contribution in [1.82, 2.24) is 0 Å². The third-order valence-corrected chi connectivity index (χ3v) is 3.90. The lowest BCUT2D eigenvalue weighted by Gasteiger charge is -2.08. The quantitative estimate of drug-likeness (QED) is 0.301. The normalized spacial score (nSPS) is 11.2. The van der Waals surface area contributed by atoms with Crippen LogP contribution in [0.2, 0.25) is 0 Å². The molecule has 0 atom stereocenters. The molecule has 0 radical (unpaired) electrons. The van der Waals surface area contributed by atoms with Gasteiger partial charge in [-0.3, -0.25) is 0 Å². The number of amidine groups is 1. The molecule has 0 heterocycles. The van der Waals surface area contributed by atoms with E-state index in [9.17, 15) is 4.79 Å². The second-order valence-corrected chi connectivity index (χ2v) is 5.84. The van der Waals surface area contributed by atoms with Gasteiger partial charge in [0.15, 0.2) is 6.61 Å². The van der Waals surface area contributed by atoms with Crippen molar-refractivity contribution in [3.05, 3.63) is 72.3 Å². The minimum absolute atomic E-state index is 0.193. The number of hydrogen-bond donors (Lipinski definition) is 1. The Morgan fingerprint density at radius 1 is 1.00 bits per heavy atom. The van der Waals surface area contributed by atoms with E-state index in [1.165, 1.54) is 0 Å². The number of hydrogen-bond acceptors (Lipinski definition) is 5. The lowest BCUT2D eigenvalue weighted by atomic mass is 10.1. The van der Waals surface area contributed by atoms with Crippen LogP contribution in [0.3, 0.4) is 0 Å². The lowest BCUT2D eigenvalue weighted by Crippen LogP contribution is -2.19. The first-order valence-electron chi connectivity index (χ1n) is 8.41. The average molecular weight is 364 g/mol. The van der Waals surface area contributed by atoms with E-state index in [1.54, 1.807) is 13.2 Å². The van der Waals surface area contributed by atoms with Gasteiger partial charge in [-0.05, 0) is 29.1 Å². The van der Waals surface area contributed by atoms with Gasteiger partial charge >= 0.3 is 5.97 Å². The topological polar surface area (TPSA) is 83.1 Å². The monoisotopic (exact) mass is 364 g/mol. The van der Waals surface area contributed by atoms with Gasteiger partial charge in [0, 0.05) is 11.8 Å². The maximum absolute atomic E-state index is 11.9. The van der Waals surface area contributed by atoms with E-state index in [1.807, 2.05) is 60.7 Å². The van der Waals surface area contributed by atoms with Gasteiger partial charge in [-0.2, -0.15) is 0 Å². The fourth-order valence-corrected chi connectivity index (χ4v) is 2.58. The van der Waals surface area contributed by atoms with Gasteiger partial charge < -0.3 is 20.0 Å². The maximum Gasteiger partial charge on any atom is 0.372 e. The Morgan fingerprint density at radius 3 is 2.52 bits per heavy atom. The molecule has 27 heavy (non-hydrogen) atoms. The van der Waals surface area contributed by atoms with Gasteiger partial charge in [0.25, 0.3) is 0 Å². The van der Waals surface area contributed by atoms with Crippen molar-refractivity contribution < 1.29 is 19.1 Å². The predicted octanol–water partition coefficient (Wildman–Crippen LogP) is 3.29. The Bertz CT molecular complexity index is 947. The van der Waals surface area contributed by atoms with Crippen LogP contribution in [-0.4, -0.2) is 25.5 Å². The minimum atomic E-state index is -0.624. The van der Waals surface area contributed by atoms with Crippen LogP contribution in [0.15, 0.2) is 71.9 Å². The largest absolute Gasteiger partial charge is 0.497 e. The fraction of sp³-hybridized carbons (Fsp3) is 0.143. The zero-order chi connectivity index (χ0) is 19.1. The molecule has 6 heteroatoms. The maximum atomic E-state index is 11.9. The molecule has 3 rings (SSSR count). The van der Waals surface area contributed by atoms with E-state index in [2.05, 4.69) is 5.16 Å². The zero-order valence-corrected chi connectivity index (χ0v) is 14.9. The van der Waals surface area contributed by atoms with Gasteiger partial charge in [0.05, 0.1) is 7.11 Å². The molecule has 3 aromatic carbocycles. The Morgan fingerprint density at radius 2 is 1.74 bits per heavy atom. The third kappa shape index (κ3) is 4.98. The molecule has 0 fully saturated rings. The van der Waals surface area contributed by atoms with Gasteiger partial charge in [-0.15, -0.1) is 0 Å². The number of ether oxygens (including phenoxy) is 2. The van der Waals surface area contributed by atoms with E-state index < -0.39 is 5.97 Å². The van der Waals surface area contributed by atoms with Crippen molar-refractivity contribution in [2.75, 3.05) is 13.7 Å². The molecule has 0 unspecified atom stereocenters. The Kier molecular flexibility index (Phi) is 5.89. The van der Waals surface area contributed by atoms with E-state index in [4.69, 9.17) is 20.0 Å². The molecule has 0 bridgehead atoms. The van der Waals surface area contributed by atoms with Crippen molar-refractivity contribution in [3.63, 3.8) is 0 Å². The first-order valence-corrected chi connectivity index (χ1v) is 8.41. The van der Waals surface area contributed by atoms with Gasteiger partial charge in [0.1, 0.15) is 17.3 Å². The summed E-state index contributed by atoms with van der Waals surface area (Å²) in [6, 6.07) is 20.8. The van der Waals surface area contributed by atoms with E-state index >= 15 is 0 Å². The Hall–Kier alpha value is -3.54. The molecule has 6 nitrogen and oxygen atoms in total. The van der Waals surface area contributed by atoms with Crippen molar-refractivity contribution >= 4 is 22.6 Å². The number of fused-ring (bicyclic) bond motifs is 1. The van der Waals surface area contributed by atoms with Crippen molar-refractivity contribution in [1.29, 1.82) is 0 Å². The molecule has 0 aliphatic carbocycles. The highest BCUT2D eigenvalue weighted by Gasteiger charge is 2.08. The Labute approximate surface area is 157 Å². The molecule has 0 aromatic heterocycles. The second kappa shape index (κ2) is 8.71. The van der Waals surface area contributed by atoms with Gasteiger partial charge in [-0.25, -0.2) is 4.79 Å². The fourth-order valence-electron chi connectivity index (χ4n) is 2.58. The molecular formula is C21H20N2O4. The van der Waals surface area contributed by atoms with Crippen LogP contribution >= 0.6 is 0 Å². The molecule has 0 aliphatic heterocycles. The van der Waals surface area contributed by atoms with Crippen molar-refractivity contribution in [3.8, 4) is 11.5 Å². The first kappa shape index (κ1) is 18.3. The lowest BCUT2D eigenvalue weighted by molar-refractivity contribution is -0.146. The standard InChI is InChI=1S/C21H20N2O4/c1-25-17-11-9-15(10-12-17)13-20(22)23-27-21(24)14-26-19-8-4-6-16-5-2-3-7-18(16)19/h2-12H,13-14H2,1H3,(H2,22,23). The highest BCUT2D eigenvalue weighted by molar-refractivity contribution is 5.88. The third-order valence-electron chi connectivity index (χ3n) is 3.90. The zero-order valence-electron chi connectivity index (χ0n) is 14.9. The number of rotatable bonds is 7. The summed E-state index contributed by atoms with van der Waals surface area (Å²) in [7, 11) is 1.60. The summed E-state index contributed by atoms with van der Waals surface area (Å²) >= 11 is 0. The molecule has 2 N–H and O–H groups in total. The van der Waals surface area contributed by atoms with Crippen LogP contribution < -0.4 is 15.2 Å². The summed E-state index contributed by atoms with van der Waals surface area (Å²) in [6.45, 7) is -0.257. The van der Waals surface area contributed by atoms with E-state index in [0.29, 0.717) is 12.2 Å². The van der Waals surface area contributed by atoms with Crippen molar-refractivity contribution in [2.45, 2.75) is 6.42 Å². The summed E-state index contributed by atoms with van der Waals surface area (Å²) in [5.74, 6) is 0.936. The molecule has 0 saturated carbocycles. The molecule has 0 spiro atoms. The minimum Gasteiger partial charge on any atom is -0.497 e. The summed E-state index contributed by atoms with van der Waals surface area (Å²) in [4.78, 5) is 16.7. The van der Waals surface area contributed by atoms with Crippen LogP contribution in [-0.2, 0) is 16.1 Å². The first-order chi connectivity index (χ1) is 13.2. The summed E-state index contributed by atoms with van der Waals surface area (Å²) in [5, 5.41) is 5.63. The molecule has 0 aliphatic rings. The van der Waals surface area contributed by atoms with Crippen LogP contribution in [0.1, 0.15) is 5.56 Å². The Balaban J connectivity index is 1.53. The smallest absolute Gasteiger partial charge is 0.372 e. The highest BCUT2D eigenvalue weighted by atomic mass is 16.7. The van der Waals surface area contributed by atoms with Crippen LogP contribution in [0.25, 0.3) is 10.8 Å². The number of carbonyl (C=O) groups excluding carboxylic acids is 1. The molecule has 0 saturated heterocycles. The number of methoxy groups -OCH3 is 1. The number of carbonyl (C=O) groups is 1. The SMILES string of the molecule is COc1ccc(C/C(N)=N/OC(=O)COc2cccc3ccccc23)cc1. The summed E-state index contributed by atoms with van der Waals surface area (Å²) in [5.41, 5.74) is 6.74. The van der Waals surface area contributed by atoms with Crippen LogP contribution in [0.4, 0.5) is 0 Å². The molecule has 138 valence electrons. The van der Waals surface area contributed by atoms with Crippen LogP contribution in [0.5, 0.6) is 11.5 Å². The highest BCUT2D eigenvalue weighted by Crippen LogP contribution is 2.25. The van der Waals surface area contributed by atoms with Crippen molar-refractivity contribution in [2.24, 2.45) is 10.9 Å². The van der Waals surface area contributed by atoms with Gasteiger partial charge in [-0.1, -0.05) is 53.7 Å². The van der Waals surface area contributed by atoms with Crippen LogP contribution in [0, 0.1) is 0 Å². The van der Waals surface area contributed by atoms with E-state index in [0.717, 1.165) is 22.1 Å². The molecule has 0 amide bonds.